The summed E-state index contributed by atoms with van der Waals surface area (Å²) in [7, 11) is -5.05. The number of hydrogen-bond acceptors (Lipinski definition) is 4. The second-order valence-electron chi connectivity index (χ2n) is 7.06. The first-order chi connectivity index (χ1) is 16.5. The molecule has 23 heteroatoms. The smallest absolute Gasteiger partial charge is 0.659 e. The summed E-state index contributed by atoms with van der Waals surface area (Å²) in [6.07, 6.45) is -15.5. The number of halogens is 17. The summed E-state index contributed by atoms with van der Waals surface area (Å²) in [6, 6.07) is 1.01. The third-order valence-electron chi connectivity index (χ3n) is 4.20. The zero-order valence-electron chi connectivity index (χ0n) is 18.1. The normalized spacial score (nSPS) is 15.5. The van der Waals surface area contributed by atoms with Gasteiger partial charge in [-0.25, -0.2) is 8.78 Å². The maximum Gasteiger partial charge on any atom is 1.00 e. The fraction of sp³-hybridized carbons (Fsp3) is 0.500. The van der Waals surface area contributed by atoms with Crippen LogP contribution in [0.4, 0.5) is 74.6 Å². The molecule has 0 fully saturated rings. The SMILES string of the molecule is [Na+].[O-][P+]([O-])(O)Cc1ccc(OC(F)(F)C(F)(F)C(F)(F)C(F)(F)C(F)(F)/C(F)=C(\F)C(F)(F)C(F)(F)F)cc1. The standard InChI is InChI=1S/C16H8F17O4P.Na/c17-8(9(18)11(21,22)15(29,30)31)10(19,20)12(23,24)13(25,26)14(27,28)16(32,33)37-7-3-1-6(2-4-7)5-38(34,35)36;/h1-4H,5H2,(H2,34,35,36);/q;+1/p-1/b9-8+;. The first-order valence-corrected chi connectivity index (χ1v) is 10.4. The maximum absolute atomic E-state index is 13.8. The minimum absolute atomic E-state index is 0. The molecule has 220 valence electrons. The molecule has 0 unspecified atom stereocenters. The van der Waals surface area contributed by atoms with Crippen molar-refractivity contribution in [3.05, 3.63) is 41.5 Å². The van der Waals surface area contributed by atoms with Crippen LogP contribution in [0, 0.1) is 0 Å². The van der Waals surface area contributed by atoms with E-state index in [0.717, 1.165) is 0 Å². The zero-order valence-corrected chi connectivity index (χ0v) is 21.0. The molecule has 1 N–H and O–H groups in total. The molecule has 0 spiro atoms. The molecular formula is C16H7F17NaO4P. The molecule has 0 radical (unpaired) electrons. The van der Waals surface area contributed by atoms with E-state index in [1.54, 1.807) is 0 Å². The number of ether oxygens (including phenoxy) is 1. The largest absolute Gasteiger partial charge is 1.00 e. The van der Waals surface area contributed by atoms with Gasteiger partial charge in [-0.15, -0.1) is 0 Å². The monoisotopic (exact) mass is 640 g/mol. The van der Waals surface area contributed by atoms with Crippen LogP contribution in [-0.4, -0.2) is 46.8 Å². The molecule has 0 amide bonds. The van der Waals surface area contributed by atoms with E-state index in [4.69, 9.17) is 4.89 Å². The van der Waals surface area contributed by atoms with Crippen LogP contribution in [0.3, 0.4) is 0 Å². The van der Waals surface area contributed by atoms with Gasteiger partial charge < -0.3 is 14.5 Å². The maximum atomic E-state index is 13.8. The Kier molecular flexibility index (Phi) is 11.0. The minimum Gasteiger partial charge on any atom is -0.659 e. The molecule has 39 heavy (non-hydrogen) atoms. The summed E-state index contributed by atoms with van der Waals surface area (Å²) in [6.45, 7) is 0. The van der Waals surface area contributed by atoms with Crippen molar-refractivity contribution in [2.24, 2.45) is 0 Å². The van der Waals surface area contributed by atoms with Gasteiger partial charge in [0.25, 0.3) is 0 Å². The number of allylic oxidation sites excluding steroid dienone is 2. The van der Waals surface area contributed by atoms with E-state index in [-0.39, 0.29) is 41.7 Å². The second kappa shape index (κ2) is 11.3. The van der Waals surface area contributed by atoms with Crippen molar-refractivity contribution < 1.29 is 124 Å². The minimum atomic E-state index is -8.33. The summed E-state index contributed by atoms with van der Waals surface area (Å²) in [5.74, 6) is -52.1. The van der Waals surface area contributed by atoms with E-state index in [1.165, 1.54) is 0 Å². The Balaban J connectivity index is 0.0000144. The fourth-order valence-electron chi connectivity index (χ4n) is 2.22. The van der Waals surface area contributed by atoms with Gasteiger partial charge in [0.05, 0.1) is 7.94 Å². The van der Waals surface area contributed by atoms with Crippen molar-refractivity contribution in [2.75, 3.05) is 0 Å². The molecule has 0 aliphatic heterocycles. The first kappa shape index (κ1) is 37.9. The van der Waals surface area contributed by atoms with Crippen molar-refractivity contribution >= 4 is 7.94 Å². The van der Waals surface area contributed by atoms with Crippen LogP contribution in [0.25, 0.3) is 0 Å². The van der Waals surface area contributed by atoms with Gasteiger partial charge in [-0.1, -0.05) is 12.1 Å². The molecule has 0 aliphatic carbocycles. The number of rotatable bonds is 10. The van der Waals surface area contributed by atoms with Crippen molar-refractivity contribution in [3.8, 4) is 5.75 Å². The second-order valence-corrected chi connectivity index (χ2v) is 8.65. The van der Waals surface area contributed by atoms with Gasteiger partial charge in [-0.2, -0.15) is 65.9 Å². The quantitative estimate of drug-likeness (QED) is 0.243. The Hall–Kier alpha value is -1.12. The molecule has 0 saturated carbocycles. The van der Waals surface area contributed by atoms with Crippen LogP contribution in [0.15, 0.2) is 35.9 Å². The first-order valence-electron chi connectivity index (χ1n) is 8.68. The van der Waals surface area contributed by atoms with Crippen molar-refractivity contribution in [2.45, 2.75) is 48.1 Å². The molecular weight excluding hydrogens is 633 g/mol. The summed E-state index contributed by atoms with van der Waals surface area (Å²) in [5.41, 5.74) is -0.482. The van der Waals surface area contributed by atoms with Crippen LogP contribution >= 0.6 is 7.94 Å². The summed E-state index contributed by atoms with van der Waals surface area (Å²) >= 11 is 0. The number of benzene rings is 1. The third-order valence-corrected chi connectivity index (χ3v) is 4.97. The van der Waals surface area contributed by atoms with Gasteiger partial charge in [0.2, 0.25) is 11.7 Å². The predicted molar refractivity (Wildman–Crippen MR) is 84.9 cm³/mol. The summed E-state index contributed by atoms with van der Waals surface area (Å²) in [4.78, 5) is 30.0. The molecule has 1 rings (SSSR count). The molecule has 0 saturated heterocycles. The van der Waals surface area contributed by atoms with Gasteiger partial charge in [-0.3, -0.25) is 4.89 Å². The van der Waals surface area contributed by atoms with Gasteiger partial charge in [0.1, 0.15) is 11.9 Å². The van der Waals surface area contributed by atoms with Gasteiger partial charge in [0.15, 0.2) is 0 Å². The van der Waals surface area contributed by atoms with Crippen molar-refractivity contribution in [1.29, 1.82) is 0 Å². The Labute approximate surface area is 226 Å². The molecule has 0 bridgehead atoms. The van der Waals surface area contributed by atoms with Crippen LogP contribution in [0.5, 0.6) is 5.75 Å². The Bertz CT molecular complexity index is 1030. The van der Waals surface area contributed by atoms with Gasteiger partial charge >= 0.3 is 71.5 Å². The summed E-state index contributed by atoms with van der Waals surface area (Å²) < 4.78 is 227. The van der Waals surface area contributed by atoms with E-state index in [9.17, 15) is 84.4 Å². The topological polar surface area (TPSA) is 75.6 Å². The fourth-order valence-corrected chi connectivity index (χ4v) is 2.89. The molecule has 0 aromatic heterocycles. The predicted octanol–water partition coefficient (Wildman–Crippen LogP) is 2.53. The molecule has 4 nitrogen and oxygen atoms in total. The van der Waals surface area contributed by atoms with E-state index in [1.807, 2.05) is 0 Å². The average molecular weight is 640 g/mol. The molecule has 0 heterocycles. The third kappa shape index (κ3) is 7.03. The van der Waals surface area contributed by atoms with Gasteiger partial charge in [0, 0.05) is 0 Å². The van der Waals surface area contributed by atoms with Crippen LogP contribution in [0.1, 0.15) is 5.56 Å². The van der Waals surface area contributed by atoms with Crippen LogP contribution in [-0.2, 0) is 6.16 Å². The Morgan fingerprint density at radius 2 is 1.05 bits per heavy atom. The van der Waals surface area contributed by atoms with E-state index in [2.05, 4.69) is 4.74 Å². The van der Waals surface area contributed by atoms with E-state index in [0.29, 0.717) is 12.1 Å². The molecule has 0 atom stereocenters. The molecule has 0 aliphatic rings. The van der Waals surface area contributed by atoms with Crippen molar-refractivity contribution in [1.82, 2.24) is 0 Å². The number of hydrogen-bond donors (Lipinski definition) is 1. The van der Waals surface area contributed by atoms with Crippen LogP contribution < -0.4 is 44.1 Å². The van der Waals surface area contributed by atoms with Crippen molar-refractivity contribution in [3.63, 3.8) is 0 Å². The van der Waals surface area contributed by atoms with E-state index < -0.39 is 79.0 Å². The molecule has 1 aromatic carbocycles. The van der Waals surface area contributed by atoms with Crippen LogP contribution in [0.2, 0.25) is 0 Å². The Morgan fingerprint density at radius 1 is 0.667 bits per heavy atom. The summed E-state index contributed by atoms with van der Waals surface area (Å²) in [5, 5.41) is 0. The number of alkyl halides is 15. The average Bonchev–Trinajstić information content (AvgIpc) is 2.71. The molecule has 1 aromatic rings. The zero-order chi connectivity index (χ0) is 30.6. The Morgan fingerprint density at radius 3 is 1.41 bits per heavy atom. The van der Waals surface area contributed by atoms with Gasteiger partial charge in [-0.05, 0) is 17.7 Å². The van der Waals surface area contributed by atoms with E-state index >= 15 is 0 Å².